The SMILES string of the molecule is C[C@@H](N1CCCC1=O)n1nnc2ccccc21. The molecule has 1 atom stereocenters. The van der Waals surface area contributed by atoms with Gasteiger partial charge < -0.3 is 4.90 Å². The molecule has 1 aliphatic heterocycles. The van der Waals surface area contributed by atoms with Gasteiger partial charge >= 0.3 is 0 Å². The highest BCUT2D eigenvalue weighted by Gasteiger charge is 2.27. The number of rotatable bonds is 2. The lowest BCUT2D eigenvalue weighted by atomic mass is 10.3. The first-order valence-corrected chi connectivity index (χ1v) is 5.87. The molecule has 0 spiro atoms. The normalized spacial score (nSPS) is 17.9. The van der Waals surface area contributed by atoms with E-state index in [2.05, 4.69) is 10.3 Å². The minimum absolute atomic E-state index is 0.0580. The fourth-order valence-corrected chi connectivity index (χ4v) is 2.36. The average Bonchev–Trinajstić information content (AvgIpc) is 2.94. The van der Waals surface area contributed by atoms with Gasteiger partial charge in [-0.1, -0.05) is 17.3 Å². The molecule has 5 heteroatoms. The molecule has 1 aromatic heterocycles. The van der Waals surface area contributed by atoms with Crippen molar-refractivity contribution >= 4 is 16.9 Å². The van der Waals surface area contributed by atoms with Crippen LogP contribution in [0.25, 0.3) is 11.0 Å². The van der Waals surface area contributed by atoms with Crippen molar-refractivity contribution < 1.29 is 4.79 Å². The van der Waals surface area contributed by atoms with Crippen molar-refractivity contribution in [2.45, 2.75) is 25.9 Å². The van der Waals surface area contributed by atoms with Crippen molar-refractivity contribution in [1.82, 2.24) is 19.9 Å². The van der Waals surface area contributed by atoms with Crippen molar-refractivity contribution in [2.75, 3.05) is 6.54 Å². The maximum Gasteiger partial charge on any atom is 0.224 e. The lowest BCUT2D eigenvalue weighted by molar-refractivity contribution is -0.131. The van der Waals surface area contributed by atoms with E-state index >= 15 is 0 Å². The van der Waals surface area contributed by atoms with Gasteiger partial charge in [-0.15, -0.1) is 5.10 Å². The molecule has 1 aliphatic rings. The van der Waals surface area contributed by atoms with E-state index in [1.807, 2.05) is 40.8 Å². The molecule has 1 saturated heterocycles. The maximum atomic E-state index is 11.7. The van der Waals surface area contributed by atoms with E-state index in [1.165, 1.54) is 0 Å². The molecule has 0 aliphatic carbocycles. The number of carbonyl (C=O) groups excluding carboxylic acids is 1. The Balaban J connectivity index is 2.00. The van der Waals surface area contributed by atoms with Crippen LogP contribution in [-0.4, -0.2) is 32.3 Å². The molecule has 17 heavy (non-hydrogen) atoms. The number of fused-ring (bicyclic) bond motifs is 1. The molecule has 0 radical (unpaired) electrons. The summed E-state index contributed by atoms with van der Waals surface area (Å²) < 4.78 is 1.82. The van der Waals surface area contributed by atoms with Gasteiger partial charge in [0.05, 0.1) is 5.52 Å². The molecule has 1 aromatic carbocycles. The standard InChI is InChI=1S/C12H14N4O/c1-9(15-8-4-7-12(15)17)16-11-6-3-2-5-10(11)13-14-16/h2-3,5-6,9H,4,7-8H2,1H3/t9-/m0/s1. The third-order valence-electron chi connectivity index (χ3n) is 3.29. The number of hydrogen-bond donors (Lipinski definition) is 0. The summed E-state index contributed by atoms with van der Waals surface area (Å²) in [5.41, 5.74) is 1.84. The van der Waals surface area contributed by atoms with Crippen molar-refractivity contribution in [2.24, 2.45) is 0 Å². The predicted octanol–water partition coefficient (Wildman–Crippen LogP) is 1.57. The highest BCUT2D eigenvalue weighted by atomic mass is 16.2. The van der Waals surface area contributed by atoms with Crippen LogP contribution in [0.4, 0.5) is 0 Å². The molecule has 0 unspecified atom stereocenters. The van der Waals surface area contributed by atoms with Crippen LogP contribution < -0.4 is 0 Å². The van der Waals surface area contributed by atoms with Crippen molar-refractivity contribution in [3.63, 3.8) is 0 Å². The summed E-state index contributed by atoms with van der Waals surface area (Å²) in [5.74, 6) is 0.206. The first-order chi connectivity index (χ1) is 8.27. The van der Waals surface area contributed by atoms with Gasteiger partial charge in [-0.3, -0.25) is 4.79 Å². The highest BCUT2D eigenvalue weighted by molar-refractivity contribution is 5.79. The summed E-state index contributed by atoms with van der Waals surface area (Å²) in [6.07, 6.45) is 1.53. The van der Waals surface area contributed by atoms with E-state index in [1.54, 1.807) is 0 Å². The lowest BCUT2D eigenvalue weighted by Gasteiger charge is -2.24. The van der Waals surface area contributed by atoms with E-state index in [0.29, 0.717) is 6.42 Å². The van der Waals surface area contributed by atoms with Crippen LogP contribution in [0.3, 0.4) is 0 Å². The smallest absolute Gasteiger partial charge is 0.224 e. The molecule has 0 N–H and O–H groups in total. The second-order valence-corrected chi connectivity index (χ2v) is 4.35. The van der Waals surface area contributed by atoms with Gasteiger partial charge in [0, 0.05) is 13.0 Å². The lowest BCUT2D eigenvalue weighted by Crippen LogP contribution is -2.32. The summed E-state index contributed by atoms with van der Waals surface area (Å²) in [7, 11) is 0. The Bertz CT molecular complexity index is 562. The van der Waals surface area contributed by atoms with Crippen LogP contribution in [0.2, 0.25) is 0 Å². The molecule has 1 fully saturated rings. The van der Waals surface area contributed by atoms with Gasteiger partial charge in [-0.25, -0.2) is 4.68 Å². The van der Waals surface area contributed by atoms with Gasteiger partial charge in [-0.2, -0.15) is 0 Å². The summed E-state index contributed by atoms with van der Waals surface area (Å²) in [5, 5.41) is 8.26. The largest absolute Gasteiger partial charge is 0.321 e. The van der Waals surface area contributed by atoms with Gasteiger partial charge in [0.2, 0.25) is 5.91 Å². The zero-order valence-electron chi connectivity index (χ0n) is 9.71. The topological polar surface area (TPSA) is 51.0 Å². The van der Waals surface area contributed by atoms with Crippen molar-refractivity contribution in [3.8, 4) is 0 Å². The molecular formula is C12H14N4O. The minimum Gasteiger partial charge on any atom is -0.321 e. The number of para-hydroxylation sites is 1. The monoisotopic (exact) mass is 230 g/mol. The van der Waals surface area contributed by atoms with Crippen LogP contribution in [0, 0.1) is 0 Å². The Kier molecular flexibility index (Phi) is 2.31. The van der Waals surface area contributed by atoms with Crippen LogP contribution in [-0.2, 0) is 4.79 Å². The molecule has 1 amide bonds. The van der Waals surface area contributed by atoms with E-state index in [0.717, 1.165) is 24.0 Å². The summed E-state index contributed by atoms with van der Waals surface area (Å²) in [6.45, 7) is 2.80. The van der Waals surface area contributed by atoms with E-state index < -0.39 is 0 Å². The van der Waals surface area contributed by atoms with Crippen LogP contribution in [0.15, 0.2) is 24.3 Å². The zero-order valence-corrected chi connectivity index (χ0v) is 9.71. The average molecular weight is 230 g/mol. The first-order valence-electron chi connectivity index (χ1n) is 5.87. The number of nitrogens with zero attached hydrogens (tertiary/aromatic N) is 4. The van der Waals surface area contributed by atoms with Gasteiger partial charge in [0.25, 0.3) is 0 Å². The molecule has 3 rings (SSSR count). The Labute approximate surface area is 99.0 Å². The highest BCUT2D eigenvalue weighted by Crippen LogP contribution is 2.23. The Morgan fingerprint density at radius 1 is 1.35 bits per heavy atom. The maximum absolute atomic E-state index is 11.7. The third kappa shape index (κ3) is 1.58. The molecule has 5 nitrogen and oxygen atoms in total. The van der Waals surface area contributed by atoms with E-state index in [4.69, 9.17) is 0 Å². The minimum atomic E-state index is -0.0580. The number of carbonyl (C=O) groups is 1. The van der Waals surface area contributed by atoms with Gasteiger partial charge in [-0.05, 0) is 25.5 Å². The molecular weight excluding hydrogens is 216 g/mol. The summed E-state index contributed by atoms with van der Waals surface area (Å²) in [6, 6.07) is 7.80. The van der Waals surface area contributed by atoms with Crippen LogP contribution >= 0.6 is 0 Å². The molecule has 88 valence electrons. The van der Waals surface area contributed by atoms with Crippen LogP contribution in [0.5, 0.6) is 0 Å². The predicted molar refractivity (Wildman–Crippen MR) is 63.2 cm³/mol. The summed E-state index contributed by atoms with van der Waals surface area (Å²) >= 11 is 0. The van der Waals surface area contributed by atoms with Crippen molar-refractivity contribution in [3.05, 3.63) is 24.3 Å². The first kappa shape index (κ1) is 10.3. The fraction of sp³-hybridized carbons (Fsp3) is 0.417. The molecule has 2 aromatic rings. The van der Waals surface area contributed by atoms with E-state index in [9.17, 15) is 4.79 Å². The van der Waals surface area contributed by atoms with Crippen LogP contribution in [0.1, 0.15) is 25.9 Å². The van der Waals surface area contributed by atoms with Gasteiger partial charge in [0.15, 0.2) is 0 Å². The van der Waals surface area contributed by atoms with E-state index in [-0.39, 0.29) is 12.1 Å². The number of likely N-dealkylation sites (tertiary alicyclic amines) is 1. The summed E-state index contributed by atoms with van der Waals surface area (Å²) in [4.78, 5) is 13.6. The Hall–Kier alpha value is -1.91. The number of benzene rings is 1. The zero-order chi connectivity index (χ0) is 11.8. The molecule has 0 saturated carbocycles. The number of hydrogen-bond acceptors (Lipinski definition) is 3. The second-order valence-electron chi connectivity index (χ2n) is 4.35. The fourth-order valence-electron chi connectivity index (χ4n) is 2.36. The van der Waals surface area contributed by atoms with Crippen molar-refractivity contribution in [1.29, 1.82) is 0 Å². The molecule has 0 bridgehead atoms. The quantitative estimate of drug-likeness (QED) is 0.787. The molecule has 2 heterocycles. The second kappa shape index (κ2) is 3.84. The Morgan fingerprint density at radius 2 is 2.18 bits per heavy atom. The number of aromatic nitrogens is 3. The van der Waals surface area contributed by atoms with Gasteiger partial charge in [0.1, 0.15) is 11.7 Å². The third-order valence-corrected chi connectivity index (χ3v) is 3.29. The number of amides is 1. The Morgan fingerprint density at radius 3 is 2.94 bits per heavy atom.